The van der Waals surface area contributed by atoms with Crippen molar-refractivity contribution in [2.45, 2.75) is 20.3 Å². The highest BCUT2D eigenvalue weighted by Gasteiger charge is 2.07. The molecule has 0 bridgehead atoms. The van der Waals surface area contributed by atoms with Crippen LogP contribution in [0.5, 0.6) is 0 Å². The van der Waals surface area contributed by atoms with Crippen molar-refractivity contribution in [1.29, 1.82) is 5.41 Å². The largest absolute Gasteiger partial charge is 0.388 e. The summed E-state index contributed by atoms with van der Waals surface area (Å²) in [5.41, 5.74) is 5.14. The zero-order chi connectivity index (χ0) is 10.3. The molecule has 0 atom stereocenters. The Bertz CT molecular complexity index is 177. The molecule has 0 aromatic rings. The average Bonchev–Trinajstić information content (AvgIpc) is 2.05. The second-order valence-corrected chi connectivity index (χ2v) is 2.68. The molecule has 0 aliphatic heterocycles. The van der Waals surface area contributed by atoms with Gasteiger partial charge < -0.3 is 16.0 Å². The summed E-state index contributed by atoms with van der Waals surface area (Å²) in [6.07, 6.45) is 0.410. The number of urea groups is 1. The van der Waals surface area contributed by atoms with Gasteiger partial charge >= 0.3 is 6.03 Å². The van der Waals surface area contributed by atoms with Crippen LogP contribution in [-0.4, -0.2) is 36.4 Å². The quantitative estimate of drug-likeness (QED) is 0.428. The summed E-state index contributed by atoms with van der Waals surface area (Å²) < 4.78 is 0. The normalized spacial score (nSPS) is 9.38. The topological polar surface area (TPSA) is 82.2 Å². The van der Waals surface area contributed by atoms with E-state index < -0.39 is 0 Å². The second kappa shape index (κ2) is 6.28. The van der Waals surface area contributed by atoms with Gasteiger partial charge in [0.15, 0.2) is 0 Å². The number of hydrogen-bond acceptors (Lipinski definition) is 2. The van der Waals surface area contributed by atoms with E-state index in [0.717, 1.165) is 0 Å². The van der Waals surface area contributed by atoms with E-state index in [1.807, 2.05) is 13.8 Å². The third-order valence-corrected chi connectivity index (χ3v) is 1.72. The van der Waals surface area contributed by atoms with Gasteiger partial charge in [0.05, 0.1) is 5.84 Å². The summed E-state index contributed by atoms with van der Waals surface area (Å²) in [5.74, 6) is 0.0971. The lowest BCUT2D eigenvalue weighted by Gasteiger charge is -2.18. The first-order valence-corrected chi connectivity index (χ1v) is 4.47. The molecule has 0 saturated heterocycles. The van der Waals surface area contributed by atoms with Crippen LogP contribution in [0.1, 0.15) is 20.3 Å². The zero-order valence-electron chi connectivity index (χ0n) is 8.26. The zero-order valence-corrected chi connectivity index (χ0v) is 8.26. The fraction of sp³-hybridized carbons (Fsp3) is 0.750. The maximum Gasteiger partial charge on any atom is 0.317 e. The molecule has 0 radical (unpaired) electrons. The third-order valence-electron chi connectivity index (χ3n) is 1.72. The van der Waals surface area contributed by atoms with Crippen molar-refractivity contribution in [2.24, 2.45) is 5.73 Å². The molecule has 76 valence electrons. The van der Waals surface area contributed by atoms with Gasteiger partial charge in [-0.3, -0.25) is 5.41 Å². The molecule has 0 aliphatic rings. The average molecular weight is 186 g/mol. The lowest BCUT2D eigenvalue weighted by atomic mass is 10.4. The number of amidine groups is 1. The Morgan fingerprint density at radius 1 is 1.46 bits per heavy atom. The minimum atomic E-state index is -0.0914. The van der Waals surface area contributed by atoms with Crippen LogP contribution in [0.2, 0.25) is 0 Å². The maximum absolute atomic E-state index is 11.3. The molecule has 0 heterocycles. The molecular formula is C8H18N4O. The Labute approximate surface area is 78.8 Å². The van der Waals surface area contributed by atoms with Crippen molar-refractivity contribution >= 4 is 11.9 Å². The van der Waals surface area contributed by atoms with Crippen molar-refractivity contribution in [1.82, 2.24) is 10.2 Å². The minimum absolute atomic E-state index is 0.0914. The highest BCUT2D eigenvalue weighted by atomic mass is 16.2. The number of hydrogen-bond donors (Lipinski definition) is 3. The standard InChI is InChI=1S/C8H18N4O/c1-3-12(4-2)8(13)11-6-5-7(9)10/h3-6H2,1-2H3,(H3,9,10)(H,11,13). The predicted molar refractivity (Wildman–Crippen MR) is 52.9 cm³/mol. The van der Waals surface area contributed by atoms with E-state index in [0.29, 0.717) is 26.1 Å². The molecule has 0 fully saturated rings. The summed E-state index contributed by atoms with van der Waals surface area (Å²) in [6.45, 7) is 5.68. The predicted octanol–water partition coefficient (Wildman–Crippen LogP) is 0.364. The fourth-order valence-corrected chi connectivity index (χ4v) is 0.927. The molecule has 0 unspecified atom stereocenters. The van der Waals surface area contributed by atoms with Crippen LogP contribution in [0.3, 0.4) is 0 Å². The molecule has 5 heteroatoms. The number of nitrogens with two attached hydrogens (primary N) is 1. The molecule has 13 heavy (non-hydrogen) atoms. The van der Waals surface area contributed by atoms with Crippen LogP contribution in [0.15, 0.2) is 0 Å². The van der Waals surface area contributed by atoms with Gasteiger partial charge in [0.2, 0.25) is 0 Å². The van der Waals surface area contributed by atoms with Gasteiger partial charge in [-0.2, -0.15) is 0 Å². The van der Waals surface area contributed by atoms with Crippen LogP contribution in [-0.2, 0) is 0 Å². The minimum Gasteiger partial charge on any atom is -0.388 e. The lowest BCUT2D eigenvalue weighted by molar-refractivity contribution is 0.203. The van der Waals surface area contributed by atoms with Crippen molar-refractivity contribution < 1.29 is 4.79 Å². The van der Waals surface area contributed by atoms with Crippen molar-refractivity contribution in [3.05, 3.63) is 0 Å². The number of nitrogens with one attached hydrogen (secondary N) is 2. The number of rotatable bonds is 5. The van der Waals surface area contributed by atoms with E-state index in [-0.39, 0.29) is 11.9 Å². The summed E-state index contributed by atoms with van der Waals surface area (Å²) in [6, 6.07) is -0.0914. The van der Waals surface area contributed by atoms with Gasteiger partial charge in [-0.25, -0.2) is 4.79 Å². The Morgan fingerprint density at radius 2 is 2.00 bits per heavy atom. The van der Waals surface area contributed by atoms with Crippen molar-refractivity contribution in [3.63, 3.8) is 0 Å². The van der Waals surface area contributed by atoms with Crippen LogP contribution < -0.4 is 11.1 Å². The molecule has 4 N–H and O–H groups in total. The summed E-state index contributed by atoms with van der Waals surface area (Å²) in [7, 11) is 0. The Hall–Kier alpha value is -1.26. The molecular weight excluding hydrogens is 168 g/mol. The molecule has 0 aromatic carbocycles. The van der Waals surface area contributed by atoms with Crippen molar-refractivity contribution in [3.8, 4) is 0 Å². The van der Waals surface area contributed by atoms with Crippen molar-refractivity contribution in [2.75, 3.05) is 19.6 Å². The first kappa shape index (κ1) is 11.7. The smallest absolute Gasteiger partial charge is 0.317 e. The SMILES string of the molecule is CCN(CC)C(=O)NCCC(=N)N. The molecule has 0 saturated carbocycles. The van der Waals surface area contributed by atoms with Gasteiger partial charge in [-0.05, 0) is 13.8 Å². The van der Waals surface area contributed by atoms with E-state index in [2.05, 4.69) is 5.32 Å². The summed E-state index contributed by atoms with van der Waals surface area (Å²) >= 11 is 0. The maximum atomic E-state index is 11.3. The Balaban J connectivity index is 3.66. The van der Waals surface area contributed by atoms with Gasteiger partial charge in [-0.1, -0.05) is 0 Å². The third kappa shape index (κ3) is 5.05. The fourth-order valence-electron chi connectivity index (χ4n) is 0.927. The van der Waals surface area contributed by atoms with Gasteiger partial charge in [0.1, 0.15) is 0 Å². The monoisotopic (exact) mass is 186 g/mol. The van der Waals surface area contributed by atoms with Gasteiger partial charge in [0.25, 0.3) is 0 Å². The summed E-state index contributed by atoms with van der Waals surface area (Å²) in [5, 5.41) is 9.63. The molecule has 0 aliphatic carbocycles. The van der Waals surface area contributed by atoms with Crippen LogP contribution >= 0.6 is 0 Å². The van der Waals surface area contributed by atoms with Crippen LogP contribution in [0.25, 0.3) is 0 Å². The second-order valence-electron chi connectivity index (χ2n) is 2.68. The number of carbonyl (C=O) groups excluding carboxylic acids is 1. The summed E-state index contributed by atoms with van der Waals surface area (Å²) in [4.78, 5) is 13.0. The first-order chi connectivity index (χ1) is 6.11. The number of amides is 2. The van der Waals surface area contributed by atoms with E-state index in [4.69, 9.17) is 11.1 Å². The molecule has 5 nitrogen and oxygen atoms in total. The molecule has 0 rings (SSSR count). The van der Waals surface area contributed by atoms with E-state index in [9.17, 15) is 4.79 Å². The van der Waals surface area contributed by atoms with E-state index >= 15 is 0 Å². The number of nitrogens with zero attached hydrogens (tertiary/aromatic N) is 1. The molecule has 0 aromatic heterocycles. The number of carbonyl (C=O) groups is 1. The van der Waals surface area contributed by atoms with E-state index in [1.165, 1.54) is 0 Å². The Morgan fingerprint density at radius 3 is 2.38 bits per heavy atom. The lowest BCUT2D eigenvalue weighted by Crippen LogP contribution is -2.40. The van der Waals surface area contributed by atoms with Gasteiger partial charge in [-0.15, -0.1) is 0 Å². The van der Waals surface area contributed by atoms with Gasteiger partial charge in [0, 0.05) is 26.1 Å². The highest BCUT2D eigenvalue weighted by Crippen LogP contribution is 1.87. The molecule has 2 amide bonds. The van der Waals surface area contributed by atoms with Crippen LogP contribution in [0, 0.1) is 5.41 Å². The van der Waals surface area contributed by atoms with E-state index in [1.54, 1.807) is 4.90 Å². The van der Waals surface area contributed by atoms with Crippen LogP contribution in [0.4, 0.5) is 4.79 Å². The first-order valence-electron chi connectivity index (χ1n) is 4.47. The molecule has 0 spiro atoms. The highest BCUT2D eigenvalue weighted by molar-refractivity contribution is 5.78. The Kier molecular flexibility index (Phi) is 5.67.